The third kappa shape index (κ3) is 2.70. The van der Waals surface area contributed by atoms with Crippen LogP contribution in [0.1, 0.15) is 17.3 Å². The number of benzene rings is 1. The molecule has 2 aromatic rings. The lowest BCUT2D eigenvalue weighted by molar-refractivity contribution is 0.0524. The van der Waals surface area contributed by atoms with Gasteiger partial charge < -0.3 is 19.5 Å². The predicted octanol–water partition coefficient (Wildman–Crippen LogP) is 1.12. The summed E-state index contributed by atoms with van der Waals surface area (Å²) in [6, 6.07) is 7.67. The number of piperazine rings is 1. The maximum absolute atomic E-state index is 12.8. The average molecular weight is 315 g/mol. The Bertz CT molecular complexity index is 792. The molecule has 1 aliphatic heterocycles. The van der Waals surface area contributed by atoms with E-state index in [0.29, 0.717) is 5.69 Å². The van der Waals surface area contributed by atoms with Crippen LogP contribution in [0.15, 0.2) is 29.1 Å². The van der Waals surface area contributed by atoms with Crippen molar-refractivity contribution in [2.24, 2.45) is 7.05 Å². The molecule has 1 fully saturated rings. The number of para-hydroxylation sites is 1. The van der Waals surface area contributed by atoms with Gasteiger partial charge in [-0.15, -0.1) is 0 Å². The summed E-state index contributed by atoms with van der Waals surface area (Å²) >= 11 is 0. The van der Waals surface area contributed by atoms with Gasteiger partial charge in [-0.05, 0) is 13.0 Å². The molecule has 0 amide bonds. The van der Waals surface area contributed by atoms with Crippen molar-refractivity contribution in [1.29, 1.82) is 0 Å². The van der Waals surface area contributed by atoms with Crippen LogP contribution < -0.4 is 15.8 Å². The number of nitrogens with zero attached hydrogens (tertiary/aromatic N) is 2. The van der Waals surface area contributed by atoms with Crippen molar-refractivity contribution in [3.8, 4) is 0 Å². The van der Waals surface area contributed by atoms with Gasteiger partial charge in [0, 0.05) is 38.6 Å². The van der Waals surface area contributed by atoms with Crippen LogP contribution in [-0.2, 0) is 11.8 Å². The average Bonchev–Trinajstić information content (AvgIpc) is 2.58. The fraction of sp³-hybridized carbons (Fsp3) is 0.412. The van der Waals surface area contributed by atoms with Crippen molar-refractivity contribution in [3.63, 3.8) is 0 Å². The number of ether oxygens (including phenoxy) is 1. The zero-order chi connectivity index (χ0) is 16.4. The van der Waals surface area contributed by atoms with Gasteiger partial charge in [0.05, 0.1) is 17.8 Å². The maximum Gasteiger partial charge on any atom is 0.345 e. The minimum Gasteiger partial charge on any atom is -0.462 e. The molecule has 0 unspecified atom stereocenters. The largest absolute Gasteiger partial charge is 0.462 e. The molecule has 0 atom stereocenters. The Kier molecular flexibility index (Phi) is 4.34. The van der Waals surface area contributed by atoms with Crippen molar-refractivity contribution in [2.75, 3.05) is 37.7 Å². The van der Waals surface area contributed by atoms with Crippen LogP contribution in [0.25, 0.3) is 10.9 Å². The number of aromatic nitrogens is 1. The number of nitrogens with one attached hydrogen (secondary N) is 1. The lowest BCUT2D eigenvalue weighted by Gasteiger charge is -2.32. The second kappa shape index (κ2) is 6.42. The second-order valence-electron chi connectivity index (χ2n) is 5.56. The summed E-state index contributed by atoms with van der Waals surface area (Å²) in [5, 5.41) is 4.19. The van der Waals surface area contributed by atoms with Gasteiger partial charge in [-0.25, -0.2) is 4.79 Å². The Hall–Kier alpha value is -2.34. The molecule has 6 heteroatoms. The van der Waals surface area contributed by atoms with E-state index in [2.05, 4.69) is 10.2 Å². The highest BCUT2D eigenvalue weighted by Gasteiger charge is 2.26. The number of aryl methyl sites for hydroxylation is 1. The zero-order valence-corrected chi connectivity index (χ0v) is 13.5. The molecule has 0 saturated carbocycles. The summed E-state index contributed by atoms with van der Waals surface area (Å²) < 4.78 is 6.67. The molecular formula is C17H21N3O3. The van der Waals surface area contributed by atoms with Gasteiger partial charge in [0.1, 0.15) is 5.56 Å². The van der Waals surface area contributed by atoms with Crippen LogP contribution in [-0.4, -0.2) is 43.3 Å². The number of carbonyl (C=O) groups excluding carboxylic acids is 1. The molecule has 1 saturated heterocycles. The first-order valence-corrected chi connectivity index (χ1v) is 7.89. The molecule has 1 aromatic heterocycles. The first kappa shape index (κ1) is 15.6. The fourth-order valence-electron chi connectivity index (χ4n) is 3.08. The quantitative estimate of drug-likeness (QED) is 0.860. The van der Waals surface area contributed by atoms with E-state index in [1.54, 1.807) is 14.0 Å². The third-order valence-electron chi connectivity index (χ3n) is 4.19. The van der Waals surface area contributed by atoms with Crippen LogP contribution in [0.2, 0.25) is 0 Å². The smallest absolute Gasteiger partial charge is 0.345 e. The van der Waals surface area contributed by atoms with Gasteiger partial charge >= 0.3 is 5.97 Å². The van der Waals surface area contributed by atoms with Crippen molar-refractivity contribution >= 4 is 22.6 Å². The van der Waals surface area contributed by atoms with Gasteiger partial charge in [0.2, 0.25) is 0 Å². The topological polar surface area (TPSA) is 63.6 Å². The molecule has 122 valence electrons. The molecule has 1 aromatic carbocycles. The van der Waals surface area contributed by atoms with Gasteiger partial charge in [-0.3, -0.25) is 4.79 Å². The van der Waals surface area contributed by atoms with E-state index in [1.807, 2.05) is 24.3 Å². The summed E-state index contributed by atoms with van der Waals surface area (Å²) in [4.78, 5) is 27.3. The predicted molar refractivity (Wildman–Crippen MR) is 90.2 cm³/mol. The molecule has 3 rings (SSSR count). The van der Waals surface area contributed by atoms with Crippen LogP contribution in [0, 0.1) is 0 Å². The highest BCUT2D eigenvalue weighted by molar-refractivity contribution is 6.05. The molecule has 0 bridgehead atoms. The first-order chi connectivity index (χ1) is 11.1. The minimum atomic E-state index is -0.549. The Morgan fingerprint density at radius 3 is 2.65 bits per heavy atom. The zero-order valence-electron chi connectivity index (χ0n) is 13.5. The Morgan fingerprint density at radius 1 is 1.26 bits per heavy atom. The van der Waals surface area contributed by atoms with Gasteiger partial charge in [0.15, 0.2) is 0 Å². The number of esters is 1. The Balaban J connectivity index is 2.31. The number of hydrogen-bond donors (Lipinski definition) is 1. The SMILES string of the molecule is CCOC(=O)c1c(N2CCNCC2)c2ccccc2n(C)c1=O. The number of hydrogen-bond acceptors (Lipinski definition) is 5. The normalized spacial score (nSPS) is 15.0. The highest BCUT2D eigenvalue weighted by atomic mass is 16.5. The molecule has 1 N–H and O–H groups in total. The molecule has 1 aliphatic rings. The van der Waals surface area contributed by atoms with Crippen molar-refractivity contribution < 1.29 is 9.53 Å². The van der Waals surface area contributed by atoms with Crippen molar-refractivity contribution in [2.45, 2.75) is 6.92 Å². The summed E-state index contributed by atoms with van der Waals surface area (Å²) in [5.41, 5.74) is 1.34. The first-order valence-electron chi connectivity index (χ1n) is 7.89. The minimum absolute atomic E-state index is 0.134. The van der Waals surface area contributed by atoms with Crippen molar-refractivity contribution in [3.05, 3.63) is 40.2 Å². The van der Waals surface area contributed by atoms with Crippen LogP contribution in [0.3, 0.4) is 0 Å². The monoisotopic (exact) mass is 315 g/mol. The molecule has 23 heavy (non-hydrogen) atoms. The van der Waals surface area contributed by atoms with Gasteiger partial charge in [-0.1, -0.05) is 18.2 Å². The van der Waals surface area contributed by atoms with E-state index in [4.69, 9.17) is 4.74 Å². The fourth-order valence-corrected chi connectivity index (χ4v) is 3.08. The Labute approximate surface area is 134 Å². The van der Waals surface area contributed by atoms with E-state index >= 15 is 0 Å². The van der Waals surface area contributed by atoms with Gasteiger partial charge in [0.25, 0.3) is 5.56 Å². The number of pyridine rings is 1. The van der Waals surface area contributed by atoms with Crippen LogP contribution >= 0.6 is 0 Å². The molecule has 0 aliphatic carbocycles. The summed E-state index contributed by atoms with van der Waals surface area (Å²) in [6.07, 6.45) is 0. The summed E-state index contributed by atoms with van der Waals surface area (Å²) in [7, 11) is 1.69. The standard InChI is InChI=1S/C17H21N3O3/c1-3-23-17(22)14-15(20-10-8-18-9-11-20)12-6-4-5-7-13(12)19(2)16(14)21/h4-7,18H,3,8-11H2,1-2H3. The summed E-state index contributed by atoms with van der Waals surface area (Å²) in [6.45, 7) is 5.15. The van der Waals surface area contributed by atoms with E-state index < -0.39 is 5.97 Å². The third-order valence-corrected chi connectivity index (χ3v) is 4.19. The molecular weight excluding hydrogens is 294 g/mol. The van der Waals surface area contributed by atoms with E-state index in [9.17, 15) is 9.59 Å². The summed E-state index contributed by atoms with van der Waals surface area (Å²) in [5.74, 6) is -0.549. The maximum atomic E-state index is 12.8. The number of carbonyl (C=O) groups is 1. The molecule has 0 radical (unpaired) electrons. The van der Waals surface area contributed by atoms with Gasteiger partial charge in [-0.2, -0.15) is 0 Å². The number of fused-ring (bicyclic) bond motifs is 1. The molecule has 6 nitrogen and oxygen atoms in total. The lowest BCUT2D eigenvalue weighted by Crippen LogP contribution is -2.45. The van der Waals surface area contributed by atoms with E-state index in [0.717, 1.165) is 37.1 Å². The molecule has 2 heterocycles. The Morgan fingerprint density at radius 2 is 1.96 bits per heavy atom. The van der Waals surface area contributed by atoms with Crippen molar-refractivity contribution in [1.82, 2.24) is 9.88 Å². The second-order valence-corrected chi connectivity index (χ2v) is 5.56. The van der Waals surface area contributed by atoms with E-state index in [1.165, 1.54) is 4.57 Å². The lowest BCUT2D eigenvalue weighted by atomic mass is 10.1. The van der Waals surface area contributed by atoms with Crippen LogP contribution in [0.5, 0.6) is 0 Å². The van der Waals surface area contributed by atoms with E-state index in [-0.39, 0.29) is 17.7 Å². The number of rotatable bonds is 3. The number of anilines is 1. The molecule has 0 spiro atoms. The highest BCUT2D eigenvalue weighted by Crippen LogP contribution is 2.29. The van der Waals surface area contributed by atoms with Crippen LogP contribution in [0.4, 0.5) is 5.69 Å².